The monoisotopic (exact) mass is 345 g/mol. The molecule has 0 aliphatic carbocycles. The quantitative estimate of drug-likeness (QED) is 0.778. The molecule has 0 atom stereocenters. The zero-order valence-electron chi connectivity index (χ0n) is 13.8. The Morgan fingerprint density at radius 1 is 1.33 bits per heavy atom. The normalized spacial score (nSPS) is 11.1. The minimum Gasteiger partial charge on any atom is -0.340 e. The zero-order valence-corrected chi connectivity index (χ0v) is 14.6. The molecular formula is C18H20ClN3O2. The predicted molar refractivity (Wildman–Crippen MR) is 93.4 cm³/mol. The van der Waals surface area contributed by atoms with Gasteiger partial charge in [0.2, 0.25) is 17.6 Å². The third-order valence-corrected chi connectivity index (χ3v) is 4.25. The summed E-state index contributed by atoms with van der Waals surface area (Å²) in [5.41, 5.74) is 0.225. The van der Waals surface area contributed by atoms with E-state index < -0.39 is 5.54 Å². The van der Waals surface area contributed by atoms with E-state index in [-0.39, 0.29) is 12.3 Å². The molecule has 0 aliphatic rings. The maximum Gasteiger partial charge on any atom is 0.227 e. The molecule has 0 aliphatic heterocycles. The van der Waals surface area contributed by atoms with E-state index in [1.165, 1.54) is 0 Å². The lowest BCUT2D eigenvalue weighted by atomic mass is 9.93. The largest absolute Gasteiger partial charge is 0.340 e. The van der Waals surface area contributed by atoms with Crippen molar-refractivity contribution in [3.8, 4) is 23.7 Å². The summed E-state index contributed by atoms with van der Waals surface area (Å²) in [5.74, 6) is 3.44. The van der Waals surface area contributed by atoms with Crippen LogP contribution in [-0.2, 0) is 11.2 Å². The van der Waals surface area contributed by atoms with E-state index in [0.717, 1.165) is 5.56 Å². The van der Waals surface area contributed by atoms with Gasteiger partial charge in [0.25, 0.3) is 0 Å². The highest BCUT2D eigenvalue weighted by atomic mass is 35.5. The molecule has 0 unspecified atom stereocenters. The molecule has 5 nitrogen and oxygen atoms in total. The van der Waals surface area contributed by atoms with Crippen molar-refractivity contribution >= 4 is 17.5 Å². The van der Waals surface area contributed by atoms with Crippen molar-refractivity contribution in [2.75, 3.05) is 0 Å². The summed E-state index contributed by atoms with van der Waals surface area (Å²) in [6.45, 7) is 3.92. The number of halogens is 1. The van der Waals surface area contributed by atoms with Crippen molar-refractivity contribution in [1.29, 1.82) is 0 Å². The SMILES string of the molecule is C#CC(CC)(CC)NC(=O)CCc1nc(-c2ccc(Cl)cc2)no1. The minimum atomic E-state index is -0.583. The Hall–Kier alpha value is -2.32. The van der Waals surface area contributed by atoms with Crippen LogP contribution in [0.15, 0.2) is 28.8 Å². The number of aryl methyl sites for hydroxylation is 1. The van der Waals surface area contributed by atoms with Gasteiger partial charge >= 0.3 is 0 Å². The van der Waals surface area contributed by atoms with Crippen LogP contribution in [-0.4, -0.2) is 21.6 Å². The van der Waals surface area contributed by atoms with E-state index in [4.69, 9.17) is 22.5 Å². The summed E-state index contributed by atoms with van der Waals surface area (Å²) in [4.78, 5) is 16.4. The van der Waals surface area contributed by atoms with Crippen molar-refractivity contribution in [3.05, 3.63) is 35.2 Å². The molecule has 2 aromatic rings. The first-order valence-corrected chi connectivity index (χ1v) is 8.27. The first kappa shape index (κ1) is 18.0. The predicted octanol–water partition coefficient (Wildman–Crippen LogP) is 3.63. The molecule has 1 aromatic carbocycles. The van der Waals surface area contributed by atoms with Crippen LogP contribution < -0.4 is 5.32 Å². The van der Waals surface area contributed by atoms with Crippen molar-refractivity contribution < 1.29 is 9.32 Å². The number of aromatic nitrogens is 2. The standard InChI is InChI=1S/C18H20ClN3O2/c1-4-18(5-2,6-3)21-15(23)11-12-16-20-17(22-24-16)13-7-9-14(19)10-8-13/h1,7-10H,5-6,11-12H2,2-3H3,(H,21,23). The summed E-state index contributed by atoms with van der Waals surface area (Å²) < 4.78 is 5.19. The highest BCUT2D eigenvalue weighted by Gasteiger charge is 2.25. The van der Waals surface area contributed by atoms with Crippen LogP contribution >= 0.6 is 11.6 Å². The van der Waals surface area contributed by atoms with Gasteiger partial charge in [0.15, 0.2) is 0 Å². The number of benzene rings is 1. The third-order valence-electron chi connectivity index (χ3n) is 4.00. The summed E-state index contributed by atoms with van der Waals surface area (Å²) >= 11 is 5.85. The van der Waals surface area contributed by atoms with Crippen LogP contribution in [0.1, 0.15) is 39.0 Å². The molecule has 126 valence electrons. The Balaban J connectivity index is 1.95. The van der Waals surface area contributed by atoms with Gasteiger partial charge in [-0.2, -0.15) is 4.98 Å². The van der Waals surface area contributed by atoms with Gasteiger partial charge in [0.1, 0.15) is 5.54 Å². The zero-order chi connectivity index (χ0) is 17.6. The van der Waals surface area contributed by atoms with Gasteiger partial charge in [0.05, 0.1) is 0 Å². The third kappa shape index (κ3) is 4.36. The van der Waals surface area contributed by atoms with E-state index in [9.17, 15) is 4.79 Å². The Morgan fingerprint density at radius 2 is 2.00 bits per heavy atom. The number of terminal acetylenes is 1. The van der Waals surface area contributed by atoms with E-state index in [1.807, 2.05) is 26.0 Å². The molecular weight excluding hydrogens is 326 g/mol. The topological polar surface area (TPSA) is 68.0 Å². The van der Waals surface area contributed by atoms with Gasteiger partial charge in [-0.25, -0.2) is 0 Å². The van der Waals surface area contributed by atoms with Crippen molar-refractivity contribution in [1.82, 2.24) is 15.5 Å². The molecule has 6 heteroatoms. The maximum absolute atomic E-state index is 12.1. The van der Waals surface area contributed by atoms with Crippen LogP contribution in [0.5, 0.6) is 0 Å². The van der Waals surface area contributed by atoms with Gasteiger partial charge in [-0.15, -0.1) is 6.42 Å². The van der Waals surface area contributed by atoms with Crippen molar-refractivity contribution in [2.45, 2.75) is 45.1 Å². The van der Waals surface area contributed by atoms with Crippen LogP contribution in [0, 0.1) is 12.3 Å². The number of nitrogens with one attached hydrogen (secondary N) is 1. The number of carbonyl (C=O) groups excluding carboxylic acids is 1. The van der Waals surface area contributed by atoms with E-state index >= 15 is 0 Å². The van der Waals surface area contributed by atoms with Crippen LogP contribution in [0.3, 0.4) is 0 Å². The molecule has 2 rings (SSSR count). The molecule has 1 amide bonds. The van der Waals surface area contributed by atoms with Gasteiger partial charge in [-0.05, 0) is 37.1 Å². The Labute approximate surface area is 146 Å². The lowest BCUT2D eigenvalue weighted by molar-refractivity contribution is -0.122. The highest BCUT2D eigenvalue weighted by molar-refractivity contribution is 6.30. The average Bonchev–Trinajstić information content (AvgIpc) is 3.08. The summed E-state index contributed by atoms with van der Waals surface area (Å²) in [7, 11) is 0. The summed E-state index contributed by atoms with van der Waals surface area (Å²) in [6.07, 6.45) is 7.53. The smallest absolute Gasteiger partial charge is 0.227 e. The second kappa shape index (κ2) is 7.98. The fourth-order valence-corrected chi connectivity index (χ4v) is 2.42. The van der Waals surface area contributed by atoms with E-state index in [1.54, 1.807) is 12.1 Å². The highest BCUT2D eigenvalue weighted by Crippen LogP contribution is 2.19. The molecule has 1 aromatic heterocycles. The lowest BCUT2D eigenvalue weighted by Crippen LogP contribution is -2.46. The number of rotatable bonds is 7. The van der Waals surface area contributed by atoms with Gasteiger partial charge < -0.3 is 9.84 Å². The Bertz CT molecular complexity index is 727. The number of nitrogens with zero attached hydrogens (tertiary/aromatic N) is 2. The Kier molecular flexibility index (Phi) is 5.99. The molecule has 1 heterocycles. The van der Waals surface area contributed by atoms with E-state index in [2.05, 4.69) is 21.4 Å². The Morgan fingerprint density at radius 3 is 2.58 bits per heavy atom. The first-order chi connectivity index (χ1) is 11.5. The van der Waals surface area contributed by atoms with Crippen LogP contribution in [0.2, 0.25) is 5.02 Å². The second-order valence-electron chi connectivity index (χ2n) is 5.50. The fourth-order valence-electron chi connectivity index (χ4n) is 2.29. The minimum absolute atomic E-state index is 0.122. The fraction of sp³-hybridized carbons (Fsp3) is 0.389. The molecule has 0 saturated heterocycles. The molecule has 24 heavy (non-hydrogen) atoms. The maximum atomic E-state index is 12.1. The van der Waals surface area contributed by atoms with Gasteiger partial charge in [-0.3, -0.25) is 4.79 Å². The number of amides is 1. The van der Waals surface area contributed by atoms with Crippen LogP contribution in [0.4, 0.5) is 0 Å². The lowest BCUT2D eigenvalue weighted by Gasteiger charge is -2.26. The van der Waals surface area contributed by atoms with Crippen LogP contribution in [0.25, 0.3) is 11.4 Å². The molecule has 0 fully saturated rings. The number of carbonyl (C=O) groups is 1. The number of hydrogen-bond acceptors (Lipinski definition) is 4. The van der Waals surface area contributed by atoms with Gasteiger partial charge in [-0.1, -0.05) is 36.5 Å². The summed E-state index contributed by atoms with van der Waals surface area (Å²) in [5, 5.41) is 7.48. The van der Waals surface area contributed by atoms with E-state index in [0.29, 0.717) is 36.0 Å². The summed E-state index contributed by atoms with van der Waals surface area (Å²) in [6, 6.07) is 7.14. The number of hydrogen-bond donors (Lipinski definition) is 1. The molecule has 1 N–H and O–H groups in total. The average molecular weight is 346 g/mol. The first-order valence-electron chi connectivity index (χ1n) is 7.89. The second-order valence-corrected chi connectivity index (χ2v) is 5.94. The molecule has 0 bridgehead atoms. The molecule has 0 spiro atoms. The molecule has 0 radical (unpaired) electrons. The van der Waals surface area contributed by atoms with Crippen molar-refractivity contribution in [2.24, 2.45) is 0 Å². The van der Waals surface area contributed by atoms with Crippen molar-refractivity contribution in [3.63, 3.8) is 0 Å². The van der Waals surface area contributed by atoms with Gasteiger partial charge in [0, 0.05) is 23.4 Å². The molecule has 0 saturated carbocycles.